The summed E-state index contributed by atoms with van der Waals surface area (Å²) in [5.74, 6) is -3.00. The van der Waals surface area contributed by atoms with Crippen LogP contribution in [0.4, 0.5) is 5.69 Å². The topological polar surface area (TPSA) is 194 Å². The van der Waals surface area contributed by atoms with Crippen LogP contribution in [-0.4, -0.2) is 46.0 Å². The summed E-state index contributed by atoms with van der Waals surface area (Å²) >= 11 is 0. The van der Waals surface area contributed by atoms with Gasteiger partial charge in [0, 0.05) is 12.8 Å². The maximum absolute atomic E-state index is 12.9. The van der Waals surface area contributed by atoms with Crippen LogP contribution in [-0.2, 0) is 22.4 Å². The SMILES string of the molecule is Cl.NC(N)=Nc1ccc(C(=O)Oc2ccc3c(c2)CCCC3CC(=O)N[C@@H](Cc2ccc(C(=O)O)cc2)C(=O)O)cc1. The third kappa shape index (κ3) is 8.31. The second-order valence-corrected chi connectivity index (χ2v) is 9.79. The molecule has 0 saturated heterocycles. The van der Waals surface area contributed by atoms with E-state index in [0.717, 1.165) is 30.4 Å². The molecule has 0 heterocycles. The van der Waals surface area contributed by atoms with E-state index < -0.39 is 29.9 Å². The number of carboxylic acids is 2. The number of esters is 1. The van der Waals surface area contributed by atoms with Gasteiger partial charge in [0.25, 0.3) is 0 Å². The number of amides is 1. The number of aryl methyl sites for hydroxylation is 1. The molecule has 42 heavy (non-hydrogen) atoms. The van der Waals surface area contributed by atoms with Crippen LogP contribution in [0.25, 0.3) is 0 Å². The molecule has 1 unspecified atom stereocenters. The molecule has 0 aliphatic heterocycles. The van der Waals surface area contributed by atoms with E-state index in [9.17, 15) is 24.3 Å². The Morgan fingerprint density at radius 2 is 1.62 bits per heavy atom. The lowest BCUT2D eigenvalue weighted by molar-refractivity contribution is -0.141. The molecule has 1 aliphatic rings. The van der Waals surface area contributed by atoms with Crippen LogP contribution >= 0.6 is 12.4 Å². The Labute approximate surface area is 248 Å². The molecule has 0 aromatic heterocycles. The van der Waals surface area contributed by atoms with E-state index in [1.165, 1.54) is 24.3 Å². The van der Waals surface area contributed by atoms with Gasteiger partial charge >= 0.3 is 17.9 Å². The molecule has 0 saturated carbocycles. The van der Waals surface area contributed by atoms with Crippen molar-refractivity contribution >= 4 is 47.9 Å². The first kappa shape index (κ1) is 31.6. The number of carbonyl (C=O) groups excluding carboxylic acids is 2. The van der Waals surface area contributed by atoms with Gasteiger partial charge in [-0.1, -0.05) is 18.2 Å². The fraction of sp³-hybridized carbons (Fsp3) is 0.233. The molecule has 0 fully saturated rings. The van der Waals surface area contributed by atoms with E-state index in [1.54, 1.807) is 36.4 Å². The highest BCUT2D eigenvalue weighted by Gasteiger charge is 2.26. The summed E-state index contributed by atoms with van der Waals surface area (Å²) in [5, 5.41) is 21.3. The molecule has 12 heteroatoms. The van der Waals surface area contributed by atoms with Crippen LogP contribution < -0.4 is 21.5 Å². The van der Waals surface area contributed by atoms with E-state index in [-0.39, 0.29) is 42.7 Å². The van der Waals surface area contributed by atoms with Gasteiger partial charge in [-0.15, -0.1) is 12.4 Å². The van der Waals surface area contributed by atoms with Crippen LogP contribution in [0.5, 0.6) is 5.75 Å². The third-order valence-electron chi connectivity index (χ3n) is 6.83. The zero-order valence-electron chi connectivity index (χ0n) is 22.5. The number of hydrogen-bond acceptors (Lipinski definition) is 6. The summed E-state index contributed by atoms with van der Waals surface area (Å²) in [4.78, 5) is 52.3. The zero-order chi connectivity index (χ0) is 29.5. The number of rotatable bonds is 10. The Bertz CT molecular complexity index is 1490. The number of aromatic carboxylic acids is 1. The number of nitrogens with two attached hydrogens (primary N) is 2. The molecule has 1 aliphatic carbocycles. The minimum atomic E-state index is -1.18. The van der Waals surface area contributed by atoms with E-state index >= 15 is 0 Å². The Hall–Kier alpha value is -4.90. The van der Waals surface area contributed by atoms with Gasteiger partial charge in [0.15, 0.2) is 5.96 Å². The smallest absolute Gasteiger partial charge is 0.343 e. The number of aliphatic carboxylic acids is 1. The second-order valence-electron chi connectivity index (χ2n) is 9.79. The number of ether oxygens (including phenoxy) is 1. The quantitative estimate of drug-likeness (QED) is 0.101. The van der Waals surface area contributed by atoms with Crippen molar-refractivity contribution in [1.29, 1.82) is 0 Å². The van der Waals surface area contributed by atoms with Crippen LogP contribution in [0, 0.1) is 0 Å². The molecule has 3 aromatic rings. The standard InChI is InChI=1S/C30H30N4O7.ClH/c31-30(32)33-22-10-8-19(9-11-22)29(40)41-23-12-13-24-20(15-23)2-1-3-21(24)16-26(35)34-25(28(38)39)14-17-4-6-18(7-5-17)27(36)37;/h4-13,15,21,25H,1-3,14,16H2,(H,34,35)(H,36,37)(H,38,39)(H4,31,32,33);1H/t21?,25-;/m0./s1. The molecule has 1 amide bonds. The number of halogens is 1. The van der Waals surface area contributed by atoms with Crippen molar-refractivity contribution in [3.05, 3.63) is 94.5 Å². The molecule has 7 N–H and O–H groups in total. The summed E-state index contributed by atoms with van der Waals surface area (Å²) in [6.45, 7) is 0. The second kappa shape index (κ2) is 14.1. The molecule has 11 nitrogen and oxygen atoms in total. The number of nitrogens with one attached hydrogen (secondary N) is 1. The van der Waals surface area contributed by atoms with Gasteiger partial charge in [0.2, 0.25) is 5.91 Å². The number of guanidine groups is 1. The number of carboxylic acid groups (broad SMARTS) is 2. The Morgan fingerprint density at radius 1 is 0.952 bits per heavy atom. The summed E-state index contributed by atoms with van der Waals surface area (Å²) < 4.78 is 5.56. The number of aliphatic imine (C=N–C) groups is 1. The Balaban J connectivity index is 0.00000484. The minimum Gasteiger partial charge on any atom is -0.480 e. The zero-order valence-corrected chi connectivity index (χ0v) is 23.3. The highest BCUT2D eigenvalue weighted by Crippen LogP contribution is 2.36. The highest BCUT2D eigenvalue weighted by molar-refractivity contribution is 5.91. The number of carbonyl (C=O) groups is 4. The van der Waals surface area contributed by atoms with Gasteiger partial charge in [-0.2, -0.15) is 0 Å². The molecular formula is C30H31ClN4O7. The fourth-order valence-corrected chi connectivity index (χ4v) is 4.85. The molecule has 0 bridgehead atoms. The average molecular weight is 595 g/mol. The fourth-order valence-electron chi connectivity index (χ4n) is 4.85. The van der Waals surface area contributed by atoms with Gasteiger partial charge in [-0.05, 0) is 90.4 Å². The van der Waals surface area contributed by atoms with Crippen molar-refractivity contribution in [3.8, 4) is 5.75 Å². The normalized spacial score (nSPS) is 14.3. The molecule has 2 atom stereocenters. The first-order valence-electron chi connectivity index (χ1n) is 13.0. The van der Waals surface area contributed by atoms with E-state index in [0.29, 0.717) is 22.6 Å². The van der Waals surface area contributed by atoms with Crippen LogP contribution in [0.1, 0.15) is 62.6 Å². The minimum absolute atomic E-state index is 0. The largest absolute Gasteiger partial charge is 0.480 e. The van der Waals surface area contributed by atoms with Crippen molar-refractivity contribution in [1.82, 2.24) is 5.32 Å². The van der Waals surface area contributed by atoms with Crippen LogP contribution in [0.15, 0.2) is 71.7 Å². The van der Waals surface area contributed by atoms with E-state index in [1.807, 2.05) is 6.07 Å². The van der Waals surface area contributed by atoms with Gasteiger partial charge < -0.3 is 31.7 Å². The summed E-state index contributed by atoms with van der Waals surface area (Å²) in [6, 6.07) is 16.4. The maximum Gasteiger partial charge on any atom is 0.343 e. The van der Waals surface area contributed by atoms with Crippen molar-refractivity contribution in [2.45, 2.75) is 44.1 Å². The first-order valence-corrected chi connectivity index (χ1v) is 13.0. The Kier molecular flexibility index (Phi) is 10.6. The lowest BCUT2D eigenvalue weighted by Gasteiger charge is -2.26. The third-order valence-corrected chi connectivity index (χ3v) is 6.83. The lowest BCUT2D eigenvalue weighted by atomic mass is 9.81. The lowest BCUT2D eigenvalue weighted by Crippen LogP contribution is -2.42. The average Bonchev–Trinajstić information content (AvgIpc) is 2.93. The summed E-state index contributed by atoms with van der Waals surface area (Å²) in [6.07, 6.45) is 2.48. The predicted octanol–water partition coefficient (Wildman–Crippen LogP) is 3.55. The van der Waals surface area contributed by atoms with Crippen molar-refractivity contribution in [2.24, 2.45) is 16.5 Å². The van der Waals surface area contributed by atoms with E-state index in [4.69, 9.17) is 21.3 Å². The predicted molar refractivity (Wildman–Crippen MR) is 158 cm³/mol. The number of nitrogens with zero attached hydrogens (tertiary/aromatic N) is 1. The monoisotopic (exact) mass is 594 g/mol. The number of benzene rings is 3. The molecule has 220 valence electrons. The van der Waals surface area contributed by atoms with Crippen LogP contribution in [0.3, 0.4) is 0 Å². The molecular weight excluding hydrogens is 564 g/mol. The highest BCUT2D eigenvalue weighted by atomic mass is 35.5. The summed E-state index contributed by atoms with van der Waals surface area (Å²) in [5.41, 5.74) is 14.2. The Morgan fingerprint density at radius 3 is 2.24 bits per heavy atom. The summed E-state index contributed by atoms with van der Waals surface area (Å²) in [7, 11) is 0. The molecule has 4 rings (SSSR count). The number of hydrogen-bond donors (Lipinski definition) is 5. The molecule has 0 radical (unpaired) electrons. The molecule has 0 spiro atoms. The number of fused-ring (bicyclic) bond motifs is 1. The van der Waals surface area contributed by atoms with Crippen molar-refractivity contribution in [2.75, 3.05) is 0 Å². The maximum atomic E-state index is 12.9. The van der Waals surface area contributed by atoms with Crippen LogP contribution in [0.2, 0.25) is 0 Å². The molecule has 3 aromatic carbocycles. The first-order chi connectivity index (χ1) is 19.6. The van der Waals surface area contributed by atoms with Gasteiger partial charge in [-0.3, -0.25) is 4.79 Å². The van der Waals surface area contributed by atoms with Gasteiger partial charge in [0.05, 0.1) is 16.8 Å². The van der Waals surface area contributed by atoms with Crippen molar-refractivity contribution in [3.63, 3.8) is 0 Å². The van der Waals surface area contributed by atoms with Gasteiger partial charge in [0.1, 0.15) is 11.8 Å². The van der Waals surface area contributed by atoms with Crippen molar-refractivity contribution < 1.29 is 34.1 Å². The van der Waals surface area contributed by atoms with Gasteiger partial charge in [-0.25, -0.2) is 19.4 Å². The van der Waals surface area contributed by atoms with E-state index in [2.05, 4.69) is 10.3 Å².